The van der Waals surface area contributed by atoms with Gasteiger partial charge < -0.3 is 16.0 Å². The van der Waals surface area contributed by atoms with Crippen molar-refractivity contribution in [1.29, 1.82) is 0 Å². The molecule has 20 heavy (non-hydrogen) atoms. The molecule has 0 aliphatic heterocycles. The Morgan fingerprint density at radius 2 is 1.85 bits per heavy atom. The predicted molar refractivity (Wildman–Crippen MR) is 77.7 cm³/mol. The van der Waals surface area contributed by atoms with Crippen LogP contribution >= 0.6 is 0 Å². The van der Waals surface area contributed by atoms with Gasteiger partial charge in [0.15, 0.2) is 0 Å². The normalized spacial score (nSPS) is 10.1. The first-order valence-corrected chi connectivity index (χ1v) is 6.17. The van der Waals surface area contributed by atoms with E-state index in [2.05, 4.69) is 5.32 Å². The number of hydrogen-bond acceptors (Lipinski definition) is 2. The van der Waals surface area contributed by atoms with E-state index in [4.69, 9.17) is 5.73 Å². The minimum Gasteiger partial charge on any atom is -0.399 e. The van der Waals surface area contributed by atoms with E-state index >= 15 is 0 Å². The molecule has 0 saturated heterocycles. The Balaban J connectivity index is 1.99. The van der Waals surface area contributed by atoms with Crippen LogP contribution in [0.5, 0.6) is 0 Å². The summed E-state index contributed by atoms with van der Waals surface area (Å²) in [5.41, 5.74) is 7.39. The molecule has 104 valence electrons. The van der Waals surface area contributed by atoms with E-state index in [1.165, 1.54) is 17.0 Å². The Hall–Kier alpha value is -2.56. The third kappa shape index (κ3) is 3.47. The lowest BCUT2D eigenvalue weighted by Crippen LogP contribution is -2.31. The van der Waals surface area contributed by atoms with Crippen molar-refractivity contribution >= 4 is 17.4 Å². The average Bonchev–Trinajstić information content (AvgIpc) is 2.44. The maximum absolute atomic E-state index is 13.4. The summed E-state index contributed by atoms with van der Waals surface area (Å²) in [6, 6.07) is 12.9. The SMILES string of the molecule is CN(Cc1ccc(N)cc1)C(=O)Nc1ccccc1F. The standard InChI is InChI=1S/C15H16FN3O/c1-19(10-11-6-8-12(17)9-7-11)15(20)18-14-5-3-2-4-13(14)16/h2-9H,10,17H2,1H3,(H,18,20). The largest absolute Gasteiger partial charge is 0.399 e. The number of benzene rings is 2. The molecule has 0 heterocycles. The number of hydrogen-bond donors (Lipinski definition) is 2. The Labute approximate surface area is 117 Å². The summed E-state index contributed by atoms with van der Waals surface area (Å²) in [5, 5.41) is 2.53. The number of halogens is 1. The number of urea groups is 1. The Morgan fingerprint density at radius 3 is 2.50 bits per heavy atom. The maximum atomic E-state index is 13.4. The summed E-state index contributed by atoms with van der Waals surface area (Å²) >= 11 is 0. The van der Waals surface area contributed by atoms with E-state index in [0.717, 1.165) is 5.56 Å². The summed E-state index contributed by atoms with van der Waals surface area (Å²) in [6.45, 7) is 0.417. The number of anilines is 2. The number of nitrogens with two attached hydrogens (primary N) is 1. The van der Waals surface area contributed by atoms with E-state index in [1.807, 2.05) is 12.1 Å². The van der Waals surface area contributed by atoms with E-state index in [1.54, 1.807) is 31.3 Å². The molecule has 0 radical (unpaired) electrons. The molecule has 2 rings (SSSR count). The molecule has 2 aromatic rings. The van der Waals surface area contributed by atoms with Crippen molar-refractivity contribution < 1.29 is 9.18 Å². The molecule has 3 N–H and O–H groups in total. The zero-order valence-corrected chi connectivity index (χ0v) is 11.1. The van der Waals surface area contributed by atoms with Crippen LogP contribution in [0.4, 0.5) is 20.6 Å². The minimum absolute atomic E-state index is 0.168. The number of nitrogens with one attached hydrogen (secondary N) is 1. The molecule has 0 fully saturated rings. The van der Waals surface area contributed by atoms with Crippen LogP contribution in [0.3, 0.4) is 0 Å². The van der Waals surface area contributed by atoms with Crippen molar-refractivity contribution in [1.82, 2.24) is 4.90 Å². The van der Waals surface area contributed by atoms with Crippen molar-refractivity contribution in [3.05, 3.63) is 59.9 Å². The molecular weight excluding hydrogens is 257 g/mol. The lowest BCUT2D eigenvalue weighted by molar-refractivity contribution is 0.220. The first kappa shape index (κ1) is 13.9. The average molecular weight is 273 g/mol. The minimum atomic E-state index is -0.457. The first-order valence-electron chi connectivity index (χ1n) is 6.17. The van der Waals surface area contributed by atoms with E-state index in [-0.39, 0.29) is 11.7 Å². The second kappa shape index (κ2) is 6.06. The van der Waals surface area contributed by atoms with Crippen molar-refractivity contribution in [2.45, 2.75) is 6.54 Å². The van der Waals surface area contributed by atoms with Crippen molar-refractivity contribution in [3.63, 3.8) is 0 Å². The Kier molecular flexibility index (Phi) is 4.20. The fraction of sp³-hybridized carbons (Fsp3) is 0.133. The molecule has 0 bridgehead atoms. The van der Waals surface area contributed by atoms with Crippen LogP contribution < -0.4 is 11.1 Å². The van der Waals surface area contributed by atoms with Crippen molar-refractivity contribution in [2.24, 2.45) is 0 Å². The zero-order chi connectivity index (χ0) is 14.5. The van der Waals surface area contributed by atoms with Gasteiger partial charge in [-0.25, -0.2) is 9.18 Å². The summed E-state index contributed by atoms with van der Waals surface area (Å²) < 4.78 is 13.4. The van der Waals surface area contributed by atoms with Crippen LogP contribution in [0.15, 0.2) is 48.5 Å². The third-order valence-electron chi connectivity index (χ3n) is 2.86. The van der Waals surface area contributed by atoms with Gasteiger partial charge in [-0.05, 0) is 29.8 Å². The van der Waals surface area contributed by atoms with Gasteiger partial charge in [0.1, 0.15) is 5.82 Å². The van der Waals surface area contributed by atoms with Crippen LogP contribution in [0, 0.1) is 5.82 Å². The molecule has 0 atom stereocenters. The van der Waals surface area contributed by atoms with Crippen LogP contribution in [0.1, 0.15) is 5.56 Å². The highest BCUT2D eigenvalue weighted by Gasteiger charge is 2.11. The molecule has 0 aromatic heterocycles. The van der Waals surface area contributed by atoms with Gasteiger partial charge in [-0.3, -0.25) is 0 Å². The molecule has 4 nitrogen and oxygen atoms in total. The lowest BCUT2D eigenvalue weighted by atomic mass is 10.2. The number of carbonyl (C=O) groups excluding carboxylic acids is 1. The Bertz CT molecular complexity index is 598. The molecule has 0 saturated carbocycles. The molecule has 0 aliphatic carbocycles. The molecule has 0 unspecified atom stereocenters. The highest BCUT2D eigenvalue weighted by atomic mass is 19.1. The van der Waals surface area contributed by atoms with E-state index in [9.17, 15) is 9.18 Å². The fourth-order valence-corrected chi connectivity index (χ4v) is 1.74. The van der Waals surface area contributed by atoms with Crippen LogP contribution in [-0.4, -0.2) is 18.0 Å². The summed E-state index contributed by atoms with van der Waals surface area (Å²) in [4.78, 5) is 13.4. The van der Waals surface area contributed by atoms with Gasteiger partial charge in [0.05, 0.1) is 5.69 Å². The summed E-state index contributed by atoms with van der Waals surface area (Å²) in [5.74, 6) is -0.457. The summed E-state index contributed by atoms with van der Waals surface area (Å²) in [6.07, 6.45) is 0. The quantitative estimate of drug-likeness (QED) is 0.844. The van der Waals surface area contributed by atoms with Crippen molar-refractivity contribution in [3.8, 4) is 0 Å². The summed E-state index contributed by atoms with van der Waals surface area (Å²) in [7, 11) is 1.65. The van der Waals surface area contributed by atoms with E-state index < -0.39 is 5.82 Å². The van der Waals surface area contributed by atoms with Gasteiger partial charge >= 0.3 is 6.03 Å². The van der Waals surface area contributed by atoms with Crippen LogP contribution in [0.2, 0.25) is 0 Å². The Morgan fingerprint density at radius 1 is 1.20 bits per heavy atom. The molecule has 0 aliphatic rings. The molecule has 5 heteroatoms. The number of para-hydroxylation sites is 1. The van der Waals surface area contributed by atoms with Crippen LogP contribution in [0.25, 0.3) is 0 Å². The highest BCUT2D eigenvalue weighted by molar-refractivity contribution is 5.89. The number of nitrogen functional groups attached to an aromatic ring is 1. The van der Waals surface area contributed by atoms with Crippen LogP contribution in [-0.2, 0) is 6.54 Å². The molecule has 2 aromatic carbocycles. The maximum Gasteiger partial charge on any atom is 0.321 e. The first-order chi connectivity index (χ1) is 9.56. The van der Waals surface area contributed by atoms with Gasteiger partial charge in [-0.15, -0.1) is 0 Å². The van der Waals surface area contributed by atoms with E-state index in [0.29, 0.717) is 12.2 Å². The fourth-order valence-electron chi connectivity index (χ4n) is 1.74. The van der Waals surface area contributed by atoms with Crippen molar-refractivity contribution in [2.75, 3.05) is 18.1 Å². The highest BCUT2D eigenvalue weighted by Crippen LogP contribution is 2.14. The number of amides is 2. The van der Waals surface area contributed by atoms with Gasteiger partial charge in [0, 0.05) is 19.3 Å². The zero-order valence-electron chi connectivity index (χ0n) is 11.1. The number of rotatable bonds is 3. The second-order valence-electron chi connectivity index (χ2n) is 4.51. The lowest BCUT2D eigenvalue weighted by Gasteiger charge is -2.18. The number of nitrogens with zero attached hydrogens (tertiary/aromatic N) is 1. The molecule has 0 spiro atoms. The monoisotopic (exact) mass is 273 g/mol. The van der Waals surface area contributed by atoms with Gasteiger partial charge in [0.2, 0.25) is 0 Å². The third-order valence-corrected chi connectivity index (χ3v) is 2.86. The van der Waals surface area contributed by atoms with Gasteiger partial charge in [-0.1, -0.05) is 24.3 Å². The second-order valence-corrected chi connectivity index (χ2v) is 4.51. The predicted octanol–water partition coefficient (Wildman–Crippen LogP) is 3.07. The smallest absolute Gasteiger partial charge is 0.321 e. The molecular formula is C15H16FN3O. The van der Waals surface area contributed by atoms with Gasteiger partial charge in [-0.2, -0.15) is 0 Å². The number of carbonyl (C=O) groups is 1. The molecule has 2 amide bonds. The van der Waals surface area contributed by atoms with Gasteiger partial charge in [0.25, 0.3) is 0 Å². The topological polar surface area (TPSA) is 58.4 Å².